The molecule has 0 bridgehead atoms. The Balaban J connectivity index is 3.30. The molecule has 3 nitrogen and oxygen atoms in total. The van der Waals surface area contributed by atoms with Crippen molar-refractivity contribution in [3.63, 3.8) is 0 Å². The van der Waals surface area contributed by atoms with Crippen LogP contribution in [0.4, 0.5) is 0 Å². The minimum absolute atomic E-state index is 0.131. The number of amides is 1. The van der Waals surface area contributed by atoms with E-state index < -0.39 is 0 Å². The Morgan fingerprint density at radius 1 is 1.40 bits per heavy atom. The molecule has 2 N–H and O–H groups in total. The van der Waals surface area contributed by atoms with Gasteiger partial charge in [-0.2, -0.15) is 0 Å². The Hall–Kier alpha value is -0.900. The van der Waals surface area contributed by atoms with Crippen molar-refractivity contribution in [2.75, 3.05) is 0 Å². The zero-order chi connectivity index (χ0) is 11.8. The van der Waals surface area contributed by atoms with Crippen LogP contribution in [0.1, 0.15) is 60.9 Å². The zero-order valence-corrected chi connectivity index (χ0v) is 10.7. The number of nitrogens with two attached hydrogens (primary N) is 1. The van der Waals surface area contributed by atoms with Crippen molar-refractivity contribution < 1.29 is 4.79 Å². The number of nitrogens with zero attached hydrogens (tertiary/aromatic N) is 1. The fourth-order valence-corrected chi connectivity index (χ4v) is 2.39. The summed E-state index contributed by atoms with van der Waals surface area (Å²) in [5, 5.41) is 0.980. The number of carbonyl (C=O) groups excluding carboxylic acids is 1. The van der Waals surface area contributed by atoms with E-state index in [-0.39, 0.29) is 11.3 Å². The van der Waals surface area contributed by atoms with Gasteiger partial charge in [-0.05, 0) is 0 Å². The molecule has 0 radical (unpaired) electrons. The average Bonchev–Trinajstić information content (AvgIpc) is 2.45. The summed E-state index contributed by atoms with van der Waals surface area (Å²) in [7, 11) is 0. The van der Waals surface area contributed by atoms with Gasteiger partial charge in [-0.3, -0.25) is 4.79 Å². The SMILES string of the molecule is CC(C)c1nc(C(C)(C)C)c(C(N)=O)s1. The lowest BCUT2D eigenvalue weighted by molar-refractivity contribution is 0.100. The van der Waals surface area contributed by atoms with Crippen LogP contribution in [0.5, 0.6) is 0 Å². The molecular formula is C11H18N2OS. The molecule has 0 aliphatic carbocycles. The van der Waals surface area contributed by atoms with Crippen LogP contribution < -0.4 is 5.73 Å². The molecule has 0 atom stereocenters. The topological polar surface area (TPSA) is 56.0 Å². The largest absolute Gasteiger partial charge is 0.365 e. The Kier molecular flexibility index (Phi) is 3.19. The third-order valence-corrected chi connectivity index (χ3v) is 3.44. The molecule has 15 heavy (non-hydrogen) atoms. The lowest BCUT2D eigenvalue weighted by atomic mass is 9.91. The van der Waals surface area contributed by atoms with Gasteiger partial charge in [-0.15, -0.1) is 11.3 Å². The van der Waals surface area contributed by atoms with E-state index in [1.165, 1.54) is 11.3 Å². The van der Waals surface area contributed by atoms with Gasteiger partial charge in [0.2, 0.25) is 0 Å². The fraction of sp³-hybridized carbons (Fsp3) is 0.636. The van der Waals surface area contributed by atoms with E-state index >= 15 is 0 Å². The molecule has 0 aromatic carbocycles. The maximum atomic E-state index is 11.3. The summed E-state index contributed by atoms with van der Waals surface area (Å²) in [6.45, 7) is 10.3. The predicted molar refractivity (Wildman–Crippen MR) is 63.4 cm³/mol. The van der Waals surface area contributed by atoms with Crippen molar-refractivity contribution >= 4 is 17.2 Å². The first-order chi connectivity index (χ1) is 6.73. The molecular weight excluding hydrogens is 208 g/mol. The highest BCUT2D eigenvalue weighted by Crippen LogP contribution is 2.32. The molecule has 1 rings (SSSR count). The molecule has 0 aliphatic heterocycles. The monoisotopic (exact) mass is 226 g/mol. The second-order valence-electron chi connectivity index (χ2n) is 5.00. The van der Waals surface area contributed by atoms with Crippen molar-refractivity contribution in [2.24, 2.45) is 5.73 Å². The van der Waals surface area contributed by atoms with Gasteiger partial charge in [0.25, 0.3) is 5.91 Å². The van der Waals surface area contributed by atoms with Crippen molar-refractivity contribution in [2.45, 2.75) is 46.0 Å². The van der Waals surface area contributed by atoms with Gasteiger partial charge in [0.15, 0.2) is 0 Å². The number of aromatic nitrogens is 1. The molecule has 1 aromatic rings. The molecule has 4 heteroatoms. The van der Waals surface area contributed by atoms with Gasteiger partial charge >= 0.3 is 0 Å². The predicted octanol–water partition coefficient (Wildman–Crippen LogP) is 2.66. The Morgan fingerprint density at radius 2 is 1.93 bits per heavy atom. The van der Waals surface area contributed by atoms with Gasteiger partial charge < -0.3 is 5.73 Å². The second-order valence-corrected chi connectivity index (χ2v) is 6.03. The number of hydrogen-bond donors (Lipinski definition) is 1. The molecule has 0 aliphatic rings. The van der Waals surface area contributed by atoms with Crippen LogP contribution in [-0.2, 0) is 5.41 Å². The highest BCUT2D eigenvalue weighted by molar-refractivity contribution is 7.13. The van der Waals surface area contributed by atoms with E-state index in [0.717, 1.165) is 10.7 Å². The van der Waals surface area contributed by atoms with Crippen LogP contribution in [0, 0.1) is 0 Å². The maximum absolute atomic E-state index is 11.3. The van der Waals surface area contributed by atoms with Crippen molar-refractivity contribution in [1.82, 2.24) is 4.98 Å². The Labute approximate surface area is 94.7 Å². The molecule has 0 unspecified atom stereocenters. The van der Waals surface area contributed by atoms with E-state index in [1.807, 2.05) is 20.8 Å². The van der Waals surface area contributed by atoms with Crippen molar-refractivity contribution in [3.8, 4) is 0 Å². The number of carbonyl (C=O) groups is 1. The highest BCUT2D eigenvalue weighted by Gasteiger charge is 2.26. The molecule has 0 saturated carbocycles. The van der Waals surface area contributed by atoms with E-state index in [9.17, 15) is 4.79 Å². The smallest absolute Gasteiger partial charge is 0.260 e. The molecule has 0 saturated heterocycles. The number of thiazole rings is 1. The van der Waals surface area contributed by atoms with Crippen LogP contribution in [0.3, 0.4) is 0 Å². The number of hydrogen-bond acceptors (Lipinski definition) is 3. The number of primary amides is 1. The van der Waals surface area contributed by atoms with Crippen LogP contribution in [0.2, 0.25) is 0 Å². The van der Waals surface area contributed by atoms with Gasteiger partial charge in [-0.1, -0.05) is 34.6 Å². The van der Waals surface area contributed by atoms with Crippen molar-refractivity contribution in [1.29, 1.82) is 0 Å². The minimum Gasteiger partial charge on any atom is -0.365 e. The Morgan fingerprint density at radius 3 is 2.20 bits per heavy atom. The highest BCUT2D eigenvalue weighted by atomic mass is 32.1. The first-order valence-electron chi connectivity index (χ1n) is 5.04. The van der Waals surface area contributed by atoms with Crippen LogP contribution in [0.15, 0.2) is 0 Å². The summed E-state index contributed by atoms with van der Waals surface area (Å²) in [6.07, 6.45) is 0. The van der Waals surface area contributed by atoms with Gasteiger partial charge in [0.05, 0.1) is 10.7 Å². The third kappa shape index (κ3) is 2.56. The summed E-state index contributed by atoms with van der Waals surface area (Å²) >= 11 is 1.42. The van der Waals surface area contributed by atoms with Crippen LogP contribution >= 0.6 is 11.3 Å². The number of rotatable bonds is 2. The molecule has 1 heterocycles. The van der Waals surface area contributed by atoms with Crippen LogP contribution in [-0.4, -0.2) is 10.9 Å². The summed E-state index contributed by atoms with van der Waals surface area (Å²) in [5.74, 6) is -0.0338. The molecule has 0 spiro atoms. The first kappa shape index (κ1) is 12.2. The minimum atomic E-state index is -0.371. The van der Waals surface area contributed by atoms with Gasteiger partial charge in [0.1, 0.15) is 4.88 Å². The lowest BCUT2D eigenvalue weighted by Crippen LogP contribution is -2.19. The van der Waals surface area contributed by atoms with E-state index in [0.29, 0.717) is 10.8 Å². The fourth-order valence-electron chi connectivity index (χ4n) is 1.26. The van der Waals surface area contributed by atoms with E-state index in [2.05, 4.69) is 18.8 Å². The molecule has 1 amide bonds. The standard InChI is InChI=1S/C11H18N2OS/c1-6(2)10-13-8(11(3,4)5)7(15-10)9(12)14/h6H,1-5H3,(H2,12,14). The van der Waals surface area contributed by atoms with E-state index in [4.69, 9.17) is 5.73 Å². The Bertz CT molecular complexity index is 374. The average molecular weight is 226 g/mol. The molecule has 1 aromatic heterocycles. The zero-order valence-electron chi connectivity index (χ0n) is 9.92. The summed E-state index contributed by atoms with van der Waals surface area (Å²) in [6, 6.07) is 0. The molecule has 84 valence electrons. The van der Waals surface area contributed by atoms with Crippen molar-refractivity contribution in [3.05, 3.63) is 15.6 Å². The molecule has 0 fully saturated rings. The first-order valence-corrected chi connectivity index (χ1v) is 5.86. The maximum Gasteiger partial charge on any atom is 0.260 e. The quantitative estimate of drug-likeness (QED) is 0.842. The van der Waals surface area contributed by atoms with Crippen LogP contribution in [0.25, 0.3) is 0 Å². The third-order valence-electron chi connectivity index (χ3n) is 2.07. The second kappa shape index (κ2) is 3.93. The summed E-state index contributed by atoms with van der Waals surface area (Å²) in [4.78, 5) is 16.4. The van der Waals surface area contributed by atoms with E-state index in [1.54, 1.807) is 0 Å². The lowest BCUT2D eigenvalue weighted by Gasteiger charge is -2.16. The summed E-state index contributed by atoms with van der Waals surface area (Å²) in [5.41, 5.74) is 6.05. The summed E-state index contributed by atoms with van der Waals surface area (Å²) < 4.78 is 0. The van der Waals surface area contributed by atoms with Gasteiger partial charge in [0, 0.05) is 11.3 Å². The normalized spacial score (nSPS) is 12.1. The van der Waals surface area contributed by atoms with Gasteiger partial charge in [-0.25, -0.2) is 4.98 Å².